The Morgan fingerprint density at radius 1 is 1.82 bits per heavy atom. The summed E-state index contributed by atoms with van der Waals surface area (Å²) < 4.78 is 4.70. The average molecular weight is 153 g/mol. The van der Waals surface area contributed by atoms with Gasteiger partial charge in [0.1, 0.15) is 0 Å². The van der Waals surface area contributed by atoms with Gasteiger partial charge in [-0.3, -0.25) is 0 Å². The molecule has 0 saturated carbocycles. The standard InChI is InChI=1S/C8H11NO2/c1-6(2)8(10)11-5-7(3)9-4/h7H,1,5H2,2-3H3. The summed E-state index contributed by atoms with van der Waals surface area (Å²) in [6, 6.07) is -0.265. The van der Waals surface area contributed by atoms with Crippen molar-refractivity contribution in [1.82, 2.24) is 0 Å². The fourth-order valence-electron chi connectivity index (χ4n) is 0.357. The molecule has 0 spiro atoms. The van der Waals surface area contributed by atoms with Crippen LogP contribution in [0.3, 0.4) is 0 Å². The molecule has 0 aliphatic rings. The van der Waals surface area contributed by atoms with Gasteiger partial charge in [-0.25, -0.2) is 11.4 Å². The lowest BCUT2D eigenvalue weighted by atomic mass is 10.3. The number of hydrogen-bond acceptors (Lipinski definition) is 2. The Morgan fingerprint density at radius 2 is 2.36 bits per heavy atom. The van der Waals surface area contributed by atoms with E-state index in [-0.39, 0.29) is 12.6 Å². The summed E-state index contributed by atoms with van der Waals surface area (Å²) in [5.41, 5.74) is 0.363. The van der Waals surface area contributed by atoms with Crippen LogP contribution in [-0.2, 0) is 9.53 Å². The van der Waals surface area contributed by atoms with Crippen molar-refractivity contribution in [3.63, 3.8) is 0 Å². The van der Waals surface area contributed by atoms with Gasteiger partial charge in [0.25, 0.3) is 6.04 Å². The summed E-state index contributed by atoms with van der Waals surface area (Å²) in [6.45, 7) is 13.4. The zero-order valence-electron chi connectivity index (χ0n) is 6.76. The Kier molecular flexibility index (Phi) is 3.97. The minimum atomic E-state index is -0.430. The minimum absolute atomic E-state index is 0.148. The molecule has 3 heteroatoms. The molecule has 0 aromatic rings. The topological polar surface area (TPSA) is 30.7 Å². The third-order valence-corrected chi connectivity index (χ3v) is 1.02. The largest absolute Gasteiger partial charge is 0.454 e. The SMILES string of the molecule is [C-]#[N+]C(C)COC(=O)C(=C)C. The van der Waals surface area contributed by atoms with Crippen LogP contribution in [-0.4, -0.2) is 18.6 Å². The molecule has 0 aromatic heterocycles. The van der Waals surface area contributed by atoms with Crippen molar-refractivity contribution >= 4 is 5.97 Å². The number of carbonyl (C=O) groups is 1. The summed E-state index contributed by atoms with van der Waals surface area (Å²) in [6.07, 6.45) is 0. The number of esters is 1. The van der Waals surface area contributed by atoms with E-state index in [4.69, 9.17) is 11.3 Å². The molecule has 0 aliphatic heterocycles. The lowest BCUT2D eigenvalue weighted by molar-refractivity contribution is -0.139. The monoisotopic (exact) mass is 153 g/mol. The molecule has 0 bridgehead atoms. The van der Waals surface area contributed by atoms with Crippen molar-refractivity contribution in [2.75, 3.05) is 6.61 Å². The van der Waals surface area contributed by atoms with Crippen LogP contribution in [0.15, 0.2) is 12.2 Å². The Balaban J connectivity index is 3.65. The van der Waals surface area contributed by atoms with Crippen molar-refractivity contribution in [2.24, 2.45) is 0 Å². The van der Waals surface area contributed by atoms with Crippen molar-refractivity contribution < 1.29 is 9.53 Å². The molecule has 3 nitrogen and oxygen atoms in total. The van der Waals surface area contributed by atoms with Gasteiger partial charge >= 0.3 is 5.97 Å². The van der Waals surface area contributed by atoms with Gasteiger partial charge in [-0.15, -0.1) is 0 Å². The van der Waals surface area contributed by atoms with Gasteiger partial charge in [-0.05, 0) is 6.92 Å². The highest BCUT2D eigenvalue weighted by molar-refractivity contribution is 5.86. The molecular formula is C8H11NO2. The molecule has 60 valence electrons. The quantitative estimate of drug-likeness (QED) is 0.348. The summed E-state index contributed by atoms with van der Waals surface area (Å²) >= 11 is 0. The first-order valence-electron chi connectivity index (χ1n) is 3.27. The normalized spacial score (nSPS) is 11.4. The molecule has 0 amide bonds. The fourth-order valence-corrected chi connectivity index (χ4v) is 0.357. The van der Waals surface area contributed by atoms with E-state index in [2.05, 4.69) is 11.4 Å². The number of carbonyl (C=O) groups excluding carboxylic acids is 1. The smallest absolute Gasteiger partial charge is 0.333 e. The van der Waals surface area contributed by atoms with Gasteiger partial charge in [-0.2, -0.15) is 0 Å². The average Bonchev–Trinajstić information content (AvgIpc) is 1.99. The second-order valence-corrected chi connectivity index (χ2v) is 2.36. The maximum Gasteiger partial charge on any atom is 0.333 e. The van der Waals surface area contributed by atoms with Crippen LogP contribution >= 0.6 is 0 Å². The first-order valence-corrected chi connectivity index (χ1v) is 3.27. The number of rotatable bonds is 3. The molecule has 0 aromatic carbocycles. The van der Waals surface area contributed by atoms with Gasteiger partial charge in [-0.1, -0.05) is 6.58 Å². The summed E-state index contributed by atoms with van der Waals surface area (Å²) in [5, 5.41) is 0. The lowest BCUT2D eigenvalue weighted by Crippen LogP contribution is -2.13. The molecule has 0 aliphatic carbocycles. The highest BCUT2D eigenvalue weighted by atomic mass is 16.5. The van der Waals surface area contributed by atoms with Crippen LogP contribution in [0.4, 0.5) is 0 Å². The lowest BCUT2D eigenvalue weighted by Gasteiger charge is -2.01. The molecule has 0 fully saturated rings. The van der Waals surface area contributed by atoms with E-state index in [1.54, 1.807) is 13.8 Å². The third-order valence-electron chi connectivity index (χ3n) is 1.02. The maximum absolute atomic E-state index is 10.7. The van der Waals surface area contributed by atoms with Gasteiger partial charge in [0.05, 0.1) is 0 Å². The molecule has 0 radical (unpaired) electrons. The van der Waals surface area contributed by atoms with Crippen LogP contribution in [0.5, 0.6) is 0 Å². The number of nitrogens with zero attached hydrogens (tertiary/aromatic N) is 1. The van der Waals surface area contributed by atoms with E-state index < -0.39 is 5.97 Å². The minimum Gasteiger partial charge on any atom is -0.454 e. The van der Waals surface area contributed by atoms with Gasteiger partial charge in [0, 0.05) is 12.5 Å². The number of hydrogen-bond donors (Lipinski definition) is 0. The molecule has 11 heavy (non-hydrogen) atoms. The predicted molar refractivity (Wildman–Crippen MR) is 41.8 cm³/mol. The van der Waals surface area contributed by atoms with E-state index >= 15 is 0 Å². The molecule has 0 N–H and O–H groups in total. The second-order valence-electron chi connectivity index (χ2n) is 2.36. The van der Waals surface area contributed by atoms with E-state index in [9.17, 15) is 4.79 Å². The van der Waals surface area contributed by atoms with Gasteiger partial charge in [0.15, 0.2) is 6.61 Å². The first kappa shape index (κ1) is 9.70. The number of ether oxygens (including phenoxy) is 1. The second kappa shape index (κ2) is 4.51. The zero-order valence-corrected chi connectivity index (χ0v) is 6.76. The van der Waals surface area contributed by atoms with Crippen LogP contribution < -0.4 is 0 Å². The van der Waals surface area contributed by atoms with E-state index in [0.29, 0.717) is 5.57 Å². The molecule has 1 atom stereocenters. The van der Waals surface area contributed by atoms with Crippen LogP contribution in [0.2, 0.25) is 0 Å². The van der Waals surface area contributed by atoms with Gasteiger partial charge in [0.2, 0.25) is 0 Å². The van der Waals surface area contributed by atoms with Crippen LogP contribution in [0.25, 0.3) is 4.85 Å². The van der Waals surface area contributed by atoms with Crippen LogP contribution in [0.1, 0.15) is 13.8 Å². The first-order chi connectivity index (χ1) is 5.07. The van der Waals surface area contributed by atoms with Crippen molar-refractivity contribution in [3.8, 4) is 0 Å². The zero-order chi connectivity index (χ0) is 8.85. The summed E-state index contributed by atoms with van der Waals surface area (Å²) in [7, 11) is 0. The Hall–Kier alpha value is -1.30. The summed E-state index contributed by atoms with van der Waals surface area (Å²) in [4.78, 5) is 13.9. The molecule has 0 heterocycles. The third kappa shape index (κ3) is 4.15. The fraction of sp³-hybridized carbons (Fsp3) is 0.500. The van der Waals surface area contributed by atoms with Crippen molar-refractivity contribution in [3.05, 3.63) is 23.6 Å². The Morgan fingerprint density at radius 3 is 2.73 bits per heavy atom. The highest BCUT2D eigenvalue weighted by Gasteiger charge is 2.08. The van der Waals surface area contributed by atoms with Crippen molar-refractivity contribution in [2.45, 2.75) is 19.9 Å². The Bertz CT molecular complexity index is 203. The Labute approximate surface area is 66.5 Å². The molecular weight excluding hydrogens is 142 g/mol. The van der Waals surface area contributed by atoms with E-state index in [1.165, 1.54) is 0 Å². The predicted octanol–water partition coefficient (Wildman–Crippen LogP) is 1.41. The van der Waals surface area contributed by atoms with E-state index in [0.717, 1.165) is 0 Å². The van der Waals surface area contributed by atoms with E-state index in [1.807, 2.05) is 0 Å². The molecule has 0 rings (SSSR count). The molecule has 1 unspecified atom stereocenters. The summed E-state index contributed by atoms with van der Waals surface area (Å²) in [5.74, 6) is -0.430. The maximum atomic E-state index is 10.7. The van der Waals surface area contributed by atoms with Crippen molar-refractivity contribution in [1.29, 1.82) is 0 Å². The van der Waals surface area contributed by atoms with Gasteiger partial charge < -0.3 is 9.58 Å². The van der Waals surface area contributed by atoms with Crippen LogP contribution in [0, 0.1) is 6.57 Å². The highest BCUT2D eigenvalue weighted by Crippen LogP contribution is 1.95. The molecule has 0 saturated heterocycles.